The van der Waals surface area contributed by atoms with Crippen molar-refractivity contribution in [2.75, 3.05) is 44.8 Å². The molecule has 1 aromatic heterocycles. The van der Waals surface area contributed by atoms with Crippen molar-refractivity contribution in [3.63, 3.8) is 0 Å². The van der Waals surface area contributed by atoms with E-state index >= 15 is 0 Å². The third-order valence-corrected chi connectivity index (χ3v) is 5.70. The van der Waals surface area contributed by atoms with Gasteiger partial charge in [-0.05, 0) is 6.07 Å². The van der Waals surface area contributed by atoms with Crippen LogP contribution in [0.4, 0.5) is 10.7 Å². The highest BCUT2D eigenvalue weighted by atomic mass is 16.6. The Morgan fingerprint density at radius 2 is 1.73 bits per heavy atom. The van der Waals surface area contributed by atoms with Gasteiger partial charge in [-0.15, -0.1) is 0 Å². The largest absolute Gasteiger partial charge is 0.378 e. The van der Waals surface area contributed by atoms with Crippen molar-refractivity contribution < 1.29 is 19.0 Å². The lowest BCUT2D eigenvalue weighted by Gasteiger charge is -2.29. The summed E-state index contributed by atoms with van der Waals surface area (Å²) in [6.45, 7) is 3.25. The third-order valence-electron chi connectivity index (χ3n) is 5.70. The monoisotopic (exact) mass is 411 g/mol. The lowest BCUT2D eigenvalue weighted by molar-refractivity contribution is 0.0485. The molecule has 9 heteroatoms. The fraction of sp³-hybridized carbons (Fsp3) is 0.476. The molecule has 1 aromatic carbocycles. The number of morpholine rings is 1. The lowest BCUT2D eigenvalue weighted by atomic mass is 10.1. The summed E-state index contributed by atoms with van der Waals surface area (Å²) in [5, 5.41) is 6.41. The average molecular weight is 411 g/mol. The number of carbonyl (C=O) groups excluding carboxylic acids is 1. The number of benzene rings is 1. The van der Waals surface area contributed by atoms with Gasteiger partial charge in [-0.1, -0.05) is 30.3 Å². The summed E-state index contributed by atoms with van der Waals surface area (Å²) in [5.41, 5.74) is 1.89. The Morgan fingerprint density at radius 3 is 2.53 bits per heavy atom. The molecule has 0 saturated carbocycles. The molecule has 0 bridgehead atoms. The Hall–Kier alpha value is -2.75. The Balaban J connectivity index is 1.21. The van der Waals surface area contributed by atoms with Crippen molar-refractivity contribution in [1.82, 2.24) is 20.2 Å². The van der Waals surface area contributed by atoms with Crippen LogP contribution in [0, 0.1) is 0 Å². The molecule has 4 heterocycles. The fourth-order valence-corrected chi connectivity index (χ4v) is 4.13. The molecule has 3 aliphatic heterocycles. The molecule has 0 spiro atoms. The molecule has 158 valence electrons. The van der Waals surface area contributed by atoms with E-state index in [0.717, 1.165) is 11.3 Å². The maximum atomic E-state index is 12.5. The van der Waals surface area contributed by atoms with Crippen LogP contribution in [-0.4, -0.2) is 84.7 Å². The number of amides is 2. The maximum Gasteiger partial charge on any atom is 0.317 e. The van der Waals surface area contributed by atoms with Crippen molar-refractivity contribution >= 4 is 12.0 Å². The number of rotatable bonds is 4. The summed E-state index contributed by atoms with van der Waals surface area (Å²) in [6, 6.07) is 11.5. The fourth-order valence-electron chi connectivity index (χ4n) is 4.13. The zero-order chi connectivity index (χ0) is 20.3. The van der Waals surface area contributed by atoms with E-state index in [4.69, 9.17) is 14.2 Å². The minimum atomic E-state index is -0.190. The number of nitrogens with zero attached hydrogens (tertiary/aromatic N) is 3. The van der Waals surface area contributed by atoms with Crippen LogP contribution in [0.15, 0.2) is 42.6 Å². The standard InChI is InChI=1S/C21H25N5O4/c27-21(26-8-10-28-11-9-26)25-17-13-30-18-16(12-29-19(17)18)24-20-22-7-6-15(23-20)14-4-2-1-3-5-14/h1-7,16-19H,8-13H2,(H,25,27)(H,22,23,24)/t16-,17+,18-,19+/m1/s1. The van der Waals surface area contributed by atoms with Crippen molar-refractivity contribution in [3.05, 3.63) is 42.6 Å². The maximum absolute atomic E-state index is 12.5. The van der Waals surface area contributed by atoms with E-state index in [9.17, 15) is 4.79 Å². The number of fused-ring (bicyclic) bond motifs is 1. The number of carbonyl (C=O) groups is 1. The third kappa shape index (κ3) is 3.96. The molecule has 30 heavy (non-hydrogen) atoms. The van der Waals surface area contributed by atoms with Crippen molar-refractivity contribution in [1.29, 1.82) is 0 Å². The van der Waals surface area contributed by atoms with Gasteiger partial charge >= 0.3 is 6.03 Å². The number of urea groups is 1. The van der Waals surface area contributed by atoms with E-state index in [-0.39, 0.29) is 30.3 Å². The predicted molar refractivity (Wildman–Crippen MR) is 109 cm³/mol. The van der Waals surface area contributed by atoms with Crippen LogP contribution in [0.1, 0.15) is 0 Å². The number of ether oxygens (including phenoxy) is 3. The van der Waals surface area contributed by atoms with Gasteiger partial charge in [-0.3, -0.25) is 0 Å². The summed E-state index contributed by atoms with van der Waals surface area (Å²) in [7, 11) is 0. The van der Waals surface area contributed by atoms with Crippen LogP contribution < -0.4 is 10.6 Å². The van der Waals surface area contributed by atoms with Gasteiger partial charge in [0.05, 0.1) is 44.2 Å². The van der Waals surface area contributed by atoms with Crippen LogP contribution in [0.3, 0.4) is 0 Å². The minimum absolute atomic E-state index is 0.0775. The number of aromatic nitrogens is 2. The molecular weight excluding hydrogens is 386 g/mol. The molecule has 2 amide bonds. The summed E-state index contributed by atoms with van der Waals surface area (Å²) >= 11 is 0. The minimum Gasteiger partial charge on any atom is -0.378 e. The van der Waals surface area contributed by atoms with Crippen molar-refractivity contribution in [2.24, 2.45) is 0 Å². The van der Waals surface area contributed by atoms with Gasteiger partial charge in [-0.25, -0.2) is 14.8 Å². The number of nitrogens with one attached hydrogen (secondary N) is 2. The zero-order valence-corrected chi connectivity index (χ0v) is 16.6. The van der Waals surface area contributed by atoms with E-state index in [1.54, 1.807) is 11.1 Å². The molecule has 3 aliphatic rings. The molecule has 3 fully saturated rings. The van der Waals surface area contributed by atoms with Gasteiger partial charge in [0, 0.05) is 24.8 Å². The van der Waals surface area contributed by atoms with E-state index in [1.165, 1.54) is 0 Å². The van der Waals surface area contributed by atoms with Crippen LogP contribution in [0.5, 0.6) is 0 Å². The van der Waals surface area contributed by atoms with Gasteiger partial charge in [0.2, 0.25) is 5.95 Å². The van der Waals surface area contributed by atoms with Crippen molar-refractivity contribution in [2.45, 2.75) is 24.3 Å². The molecule has 3 saturated heterocycles. The van der Waals surface area contributed by atoms with E-state index in [2.05, 4.69) is 20.6 Å². The summed E-state index contributed by atoms with van der Waals surface area (Å²) < 4.78 is 17.3. The predicted octanol–water partition coefficient (Wildman–Crippen LogP) is 1.13. The summed E-state index contributed by atoms with van der Waals surface area (Å²) in [4.78, 5) is 23.2. The molecule has 0 aliphatic carbocycles. The molecule has 0 radical (unpaired) electrons. The van der Waals surface area contributed by atoms with Crippen LogP contribution in [0.25, 0.3) is 11.3 Å². The number of anilines is 1. The molecular formula is C21H25N5O4. The second-order valence-corrected chi connectivity index (χ2v) is 7.63. The summed E-state index contributed by atoms with van der Waals surface area (Å²) in [6.07, 6.45) is 1.39. The molecule has 4 atom stereocenters. The molecule has 0 unspecified atom stereocenters. The smallest absolute Gasteiger partial charge is 0.317 e. The van der Waals surface area contributed by atoms with Gasteiger partial charge < -0.3 is 29.7 Å². The highest BCUT2D eigenvalue weighted by molar-refractivity contribution is 5.74. The molecule has 2 N–H and O–H groups in total. The first kappa shape index (κ1) is 19.2. The Bertz CT molecular complexity index is 877. The van der Waals surface area contributed by atoms with Gasteiger partial charge in [-0.2, -0.15) is 0 Å². The molecule has 9 nitrogen and oxygen atoms in total. The van der Waals surface area contributed by atoms with Crippen molar-refractivity contribution in [3.8, 4) is 11.3 Å². The number of hydrogen-bond donors (Lipinski definition) is 2. The van der Waals surface area contributed by atoms with E-state index in [1.807, 2.05) is 36.4 Å². The van der Waals surface area contributed by atoms with Crippen LogP contribution >= 0.6 is 0 Å². The second kappa shape index (κ2) is 8.55. The molecule has 2 aromatic rings. The van der Waals surface area contributed by atoms with Crippen LogP contribution in [0.2, 0.25) is 0 Å². The average Bonchev–Trinajstić information content (AvgIpc) is 3.38. The SMILES string of the molecule is O=C(N[C@H]1CO[C@H]2[C@H]1OC[C@H]2Nc1nccc(-c2ccccc2)n1)N1CCOCC1. The Kier molecular flexibility index (Phi) is 5.48. The van der Waals surface area contributed by atoms with Gasteiger partial charge in [0.25, 0.3) is 0 Å². The summed E-state index contributed by atoms with van der Waals surface area (Å²) in [5.74, 6) is 0.537. The van der Waals surface area contributed by atoms with Crippen LogP contribution in [-0.2, 0) is 14.2 Å². The first-order valence-corrected chi connectivity index (χ1v) is 10.3. The van der Waals surface area contributed by atoms with E-state index in [0.29, 0.717) is 45.5 Å². The van der Waals surface area contributed by atoms with Gasteiger partial charge in [0.1, 0.15) is 12.2 Å². The topological polar surface area (TPSA) is 97.8 Å². The Morgan fingerprint density at radius 1 is 1.00 bits per heavy atom. The zero-order valence-electron chi connectivity index (χ0n) is 16.6. The first-order valence-electron chi connectivity index (χ1n) is 10.3. The normalized spacial score (nSPS) is 28.2. The second-order valence-electron chi connectivity index (χ2n) is 7.63. The first-order chi connectivity index (χ1) is 14.8. The highest BCUT2D eigenvalue weighted by Crippen LogP contribution is 2.29. The Labute approximate surface area is 174 Å². The molecule has 5 rings (SSSR count). The lowest BCUT2D eigenvalue weighted by Crippen LogP contribution is -2.52. The highest BCUT2D eigenvalue weighted by Gasteiger charge is 2.48. The van der Waals surface area contributed by atoms with Gasteiger partial charge in [0.15, 0.2) is 0 Å². The number of hydrogen-bond acceptors (Lipinski definition) is 7. The quantitative estimate of drug-likeness (QED) is 0.778. The van der Waals surface area contributed by atoms with E-state index < -0.39 is 0 Å².